The van der Waals surface area contributed by atoms with Crippen LogP contribution in [0.1, 0.15) is 38.8 Å². The second-order valence-corrected chi connectivity index (χ2v) is 11.1. The summed E-state index contributed by atoms with van der Waals surface area (Å²) in [7, 11) is -4.04. The molecule has 0 unspecified atom stereocenters. The number of sulfonamides is 1. The smallest absolute Gasteiger partial charge is 0.244 e. The van der Waals surface area contributed by atoms with Gasteiger partial charge in [-0.15, -0.1) is 0 Å². The molecule has 2 aromatic carbocycles. The van der Waals surface area contributed by atoms with Gasteiger partial charge in [0, 0.05) is 18.2 Å². The zero-order valence-electron chi connectivity index (χ0n) is 20.2. The van der Waals surface area contributed by atoms with Crippen molar-refractivity contribution in [2.75, 3.05) is 17.1 Å². The number of nitrogens with zero attached hydrogens (tertiary/aromatic N) is 2. The molecular weight excluding hydrogens is 464 g/mol. The van der Waals surface area contributed by atoms with Gasteiger partial charge >= 0.3 is 0 Å². The lowest BCUT2D eigenvalue weighted by atomic mass is 10.1. The fraction of sp³-hybridized carbons (Fsp3) is 0.417. The van der Waals surface area contributed by atoms with Crippen molar-refractivity contribution >= 4 is 27.5 Å². The van der Waals surface area contributed by atoms with Gasteiger partial charge in [-0.25, -0.2) is 17.2 Å². The van der Waals surface area contributed by atoms with Gasteiger partial charge < -0.3 is 10.2 Å². The number of rotatable bonds is 8. The van der Waals surface area contributed by atoms with Crippen LogP contribution in [-0.2, 0) is 26.2 Å². The second-order valence-electron chi connectivity index (χ2n) is 9.23. The lowest BCUT2D eigenvalue weighted by Crippen LogP contribution is -2.54. The van der Waals surface area contributed by atoms with Crippen LogP contribution in [-0.4, -0.2) is 49.5 Å². The number of carbonyl (C=O) groups is 2. The molecule has 1 N–H and O–H groups in total. The van der Waals surface area contributed by atoms with Crippen LogP contribution in [0.2, 0.25) is 0 Å². The molecule has 0 aromatic heterocycles. The maximum Gasteiger partial charge on any atom is 0.244 e. The Hall–Kier alpha value is -3.01. The second kappa shape index (κ2) is 10.5. The SMILES string of the molecule is Cc1ccccc1CN(C(=O)CN(c1ccc(F)c(F)c1)S(C)(=O)=O)[C@@H](C)C(=O)NC(C)(C)C. The third kappa shape index (κ3) is 7.24. The zero-order valence-corrected chi connectivity index (χ0v) is 21.0. The van der Waals surface area contributed by atoms with E-state index in [0.717, 1.165) is 29.5 Å². The number of hydrogen-bond donors (Lipinski definition) is 1. The normalized spacial score (nSPS) is 12.7. The summed E-state index contributed by atoms with van der Waals surface area (Å²) >= 11 is 0. The van der Waals surface area contributed by atoms with E-state index < -0.39 is 51.6 Å². The molecule has 2 rings (SSSR count). The topological polar surface area (TPSA) is 86.8 Å². The minimum Gasteiger partial charge on any atom is -0.350 e. The molecule has 0 heterocycles. The van der Waals surface area contributed by atoms with Gasteiger partial charge in [0.15, 0.2) is 11.6 Å². The Bertz CT molecular complexity index is 1160. The van der Waals surface area contributed by atoms with Gasteiger partial charge in [0.05, 0.1) is 11.9 Å². The Labute approximate surface area is 199 Å². The van der Waals surface area contributed by atoms with Crippen molar-refractivity contribution in [2.45, 2.75) is 52.7 Å². The molecule has 0 spiro atoms. The largest absolute Gasteiger partial charge is 0.350 e. The first-order valence-corrected chi connectivity index (χ1v) is 12.5. The summed E-state index contributed by atoms with van der Waals surface area (Å²) in [4.78, 5) is 27.6. The summed E-state index contributed by atoms with van der Waals surface area (Å²) in [5.74, 6) is -3.46. The average molecular weight is 496 g/mol. The zero-order chi connectivity index (χ0) is 25.8. The molecule has 0 fully saturated rings. The summed E-state index contributed by atoms with van der Waals surface area (Å²) in [6.07, 6.45) is 0.864. The number of hydrogen-bond acceptors (Lipinski definition) is 4. The van der Waals surface area contributed by atoms with Crippen LogP contribution < -0.4 is 9.62 Å². The highest BCUT2D eigenvalue weighted by Crippen LogP contribution is 2.22. The van der Waals surface area contributed by atoms with E-state index in [4.69, 9.17) is 0 Å². The maximum absolute atomic E-state index is 13.8. The van der Waals surface area contributed by atoms with Crippen molar-refractivity contribution in [1.82, 2.24) is 10.2 Å². The molecule has 0 bridgehead atoms. The van der Waals surface area contributed by atoms with Crippen molar-refractivity contribution in [3.05, 3.63) is 65.2 Å². The molecule has 0 aliphatic heterocycles. The highest BCUT2D eigenvalue weighted by atomic mass is 32.2. The Morgan fingerprint density at radius 1 is 1.06 bits per heavy atom. The van der Waals surface area contributed by atoms with Gasteiger partial charge in [-0.2, -0.15) is 0 Å². The molecule has 2 aromatic rings. The number of aryl methyl sites for hydroxylation is 1. The minimum absolute atomic E-state index is 0.0552. The summed E-state index contributed by atoms with van der Waals surface area (Å²) < 4.78 is 52.8. The van der Waals surface area contributed by atoms with Crippen LogP contribution in [0.25, 0.3) is 0 Å². The number of carbonyl (C=O) groups excluding carboxylic acids is 2. The minimum atomic E-state index is -4.04. The van der Waals surface area contributed by atoms with Gasteiger partial charge in [0.1, 0.15) is 12.6 Å². The van der Waals surface area contributed by atoms with E-state index in [1.807, 2.05) is 25.1 Å². The predicted molar refractivity (Wildman–Crippen MR) is 128 cm³/mol. The average Bonchev–Trinajstić information content (AvgIpc) is 2.70. The summed E-state index contributed by atoms with van der Waals surface area (Å²) in [6, 6.07) is 8.97. The quantitative estimate of drug-likeness (QED) is 0.608. The first-order valence-electron chi connectivity index (χ1n) is 10.7. The highest BCUT2D eigenvalue weighted by Gasteiger charge is 2.31. The molecule has 1 atom stereocenters. The molecule has 2 amide bonds. The molecule has 0 saturated carbocycles. The van der Waals surface area contributed by atoms with E-state index in [0.29, 0.717) is 10.4 Å². The van der Waals surface area contributed by atoms with Gasteiger partial charge in [0.25, 0.3) is 0 Å². The number of nitrogens with one attached hydrogen (secondary N) is 1. The van der Waals surface area contributed by atoms with Crippen molar-refractivity contribution in [1.29, 1.82) is 0 Å². The van der Waals surface area contributed by atoms with Crippen LogP contribution in [0, 0.1) is 18.6 Å². The molecule has 0 aliphatic carbocycles. The highest BCUT2D eigenvalue weighted by molar-refractivity contribution is 7.92. The van der Waals surface area contributed by atoms with Crippen molar-refractivity contribution in [3.8, 4) is 0 Å². The van der Waals surface area contributed by atoms with E-state index in [2.05, 4.69) is 5.32 Å². The van der Waals surface area contributed by atoms with Crippen LogP contribution in [0.3, 0.4) is 0 Å². The number of anilines is 1. The summed E-state index contributed by atoms with van der Waals surface area (Å²) in [5, 5.41) is 2.83. The molecular formula is C24H31F2N3O4S. The van der Waals surface area contributed by atoms with E-state index in [9.17, 15) is 26.8 Å². The van der Waals surface area contributed by atoms with Crippen molar-refractivity contribution in [2.24, 2.45) is 0 Å². The van der Waals surface area contributed by atoms with Crippen molar-refractivity contribution < 1.29 is 26.8 Å². The molecule has 186 valence electrons. The fourth-order valence-corrected chi connectivity index (χ4v) is 4.12. The Morgan fingerprint density at radius 3 is 2.21 bits per heavy atom. The van der Waals surface area contributed by atoms with Gasteiger partial charge in [-0.1, -0.05) is 24.3 Å². The maximum atomic E-state index is 13.8. The Morgan fingerprint density at radius 2 is 1.68 bits per heavy atom. The lowest BCUT2D eigenvalue weighted by molar-refractivity contribution is -0.140. The van der Waals surface area contributed by atoms with Gasteiger partial charge in [-0.05, 0) is 57.9 Å². The number of halogens is 2. The summed E-state index contributed by atoms with van der Waals surface area (Å²) in [6.45, 7) is 8.20. The first-order chi connectivity index (χ1) is 15.6. The Kier molecular flexibility index (Phi) is 8.41. The van der Waals surface area contributed by atoms with Crippen molar-refractivity contribution in [3.63, 3.8) is 0 Å². The van der Waals surface area contributed by atoms with Gasteiger partial charge in [0.2, 0.25) is 21.8 Å². The summed E-state index contributed by atoms with van der Waals surface area (Å²) in [5.41, 5.74) is 0.930. The lowest BCUT2D eigenvalue weighted by Gasteiger charge is -2.33. The number of amides is 2. The monoisotopic (exact) mass is 495 g/mol. The third-order valence-electron chi connectivity index (χ3n) is 5.14. The molecule has 34 heavy (non-hydrogen) atoms. The molecule has 0 aliphatic rings. The van der Waals surface area contributed by atoms with E-state index in [1.54, 1.807) is 33.8 Å². The van der Waals surface area contributed by atoms with Gasteiger partial charge in [-0.3, -0.25) is 13.9 Å². The standard InChI is InChI=1S/C24H31F2N3O4S/c1-16-9-7-8-10-18(16)14-28(17(2)23(31)27-24(3,4)5)22(30)15-29(34(6,32)33)19-11-12-20(25)21(26)13-19/h7-13,17H,14-15H2,1-6H3,(H,27,31)/t17-/m0/s1. The predicted octanol–water partition coefficient (Wildman–Crippen LogP) is 3.37. The van der Waals surface area contributed by atoms with Crippen LogP contribution in [0.4, 0.5) is 14.5 Å². The van der Waals surface area contributed by atoms with E-state index in [1.165, 1.54) is 4.90 Å². The van der Waals surface area contributed by atoms with Crippen LogP contribution in [0.15, 0.2) is 42.5 Å². The number of benzene rings is 2. The first kappa shape index (κ1) is 27.2. The fourth-order valence-electron chi connectivity index (χ4n) is 3.28. The van der Waals surface area contributed by atoms with E-state index >= 15 is 0 Å². The third-order valence-corrected chi connectivity index (χ3v) is 6.28. The Balaban J connectivity index is 2.44. The molecule has 10 heteroatoms. The molecule has 0 saturated heterocycles. The van der Waals surface area contributed by atoms with Crippen LogP contribution in [0.5, 0.6) is 0 Å². The van der Waals surface area contributed by atoms with Crippen LogP contribution >= 0.6 is 0 Å². The molecule has 7 nitrogen and oxygen atoms in total. The molecule has 0 radical (unpaired) electrons. The van der Waals surface area contributed by atoms with E-state index in [-0.39, 0.29) is 12.2 Å².